The van der Waals surface area contributed by atoms with Crippen molar-refractivity contribution in [3.63, 3.8) is 0 Å². The maximum atomic E-state index is 14.0. The summed E-state index contributed by atoms with van der Waals surface area (Å²) in [6.45, 7) is 6.28. The monoisotopic (exact) mass is 675 g/mol. The Morgan fingerprint density at radius 1 is 1.02 bits per heavy atom. The Kier molecular flexibility index (Phi) is 8.40. The van der Waals surface area contributed by atoms with Gasteiger partial charge in [-0.1, -0.05) is 62.2 Å². The number of aromatic amines is 1. The highest BCUT2D eigenvalue weighted by atomic mass is 35.5. The Morgan fingerprint density at radius 2 is 1.73 bits per heavy atom. The van der Waals surface area contributed by atoms with Gasteiger partial charge in [0.2, 0.25) is 21.8 Å². The van der Waals surface area contributed by atoms with Crippen LogP contribution in [0.2, 0.25) is 10.0 Å². The van der Waals surface area contributed by atoms with Crippen molar-refractivity contribution in [3.05, 3.63) is 64.3 Å². The van der Waals surface area contributed by atoms with Crippen LogP contribution in [0.5, 0.6) is 0 Å². The number of likely N-dealkylation sites (tertiary alicyclic amines) is 2. The smallest absolute Gasteiger partial charge is 0.268 e. The van der Waals surface area contributed by atoms with Crippen molar-refractivity contribution in [1.82, 2.24) is 24.4 Å². The molecule has 0 spiro atoms. The third-order valence-electron chi connectivity index (χ3n) is 8.81. The van der Waals surface area contributed by atoms with Crippen LogP contribution in [0.3, 0.4) is 0 Å². The Bertz CT molecular complexity index is 1740. The molecule has 6 rings (SSSR count). The van der Waals surface area contributed by atoms with Gasteiger partial charge in [0.05, 0.1) is 30.3 Å². The molecule has 3 saturated heterocycles. The number of hydrogen-bond acceptors (Lipinski definition) is 6. The number of carbonyl (C=O) groups is 3. The molecule has 0 radical (unpaired) electrons. The molecule has 0 saturated carbocycles. The standard InChI is InChI=1S/C31H35Cl2N5O6S/c1-31(2,3)27(35-28(39)24-12-18-6-4-5-7-23(18)34-24)30(41)37-16-20-14-21(37)15-36(20)29(40)25-17-44-11-10-38(25)45(42,43)26-9-8-19(32)13-22(26)33/h4-9,12-13,20-21,25,27,34H,10-11,14-17H2,1-3H3,(H,35,39)/t20-,21-,25+,27+/m0/s1. The Labute approximate surface area is 271 Å². The summed E-state index contributed by atoms with van der Waals surface area (Å²) in [7, 11) is -4.13. The number of ether oxygens (including phenoxy) is 1. The minimum atomic E-state index is -4.13. The van der Waals surface area contributed by atoms with Gasteiger partial charge in [0.15, 0.2) is 0 Å². The molecule has 2 bridgehead atoms. The van der Waals surface area contributed by atoms with Gasteiger partial charge in [-0.05, 0) is 42.2 Å². The van der Waals surface area contributed by atoms with Crippen LogP contribution >= 0.6 is 23.2 Å². The van der Waals surface area contributed by atoms with Crippen molar-refractivity contribution in [2.75, 3.05) is 32.8 Å². The number of H-pyrrole nitrogens is 1. The van der Waals surface area contributed by atoms with Crippen molar-refractivity contribution in [1.29, 1.82) is 0 Å². The summed E-state index contributed by atoms with van der Waals surface area (Å²) in [6.07, 6.45) is 0.563. The number of morpholine rings is 1. The number of aromatic nitrogens is 1. The SMILES string of the molecule is CC(C)(C)[C@H](NC(=O)c1cc2ccccc2[nH]1)C(=O)N1C[C@@H]2C[C@H]1CN2C(=O)[C@H]1COCCN1S(=O)(=O)c1ccc(Cl)cc1Cl. The number of halogens is 2. The van der Waals surface area contributed by atoms with Gasteiger partial charge in [-0.2, -0.15) is 4.31 Å². The van der Waals surface area contributed by atoms with E-state index in [2.05, 4.69) is 10.3 Å². The topological polar surface area (TPSA) is 132 Å². The molecule has 3 aliphatic heterocycles. The lowest BCUT2D eigenvalue weighted by atomic mass is 9.85. The van der Waals surface area contributed by atoms with E-state index in [-0.39, 0.29) is 72.6 Å². The van der Waals surface area contributed by atoms with Crippen molar-refractivity contribution < 1.29 is 27.5 Å². The summed E-state index contributed by atoms with van der Waals surface area (Å²) < 4.78 is 34.0. The van der Waals surface area contributed by atoms with Crippen LogP contribution in [0.4, 0.5) is 0 Å². The number of benzene rings is 2. The van der Waals surface area contributed by atoms with Gasteiger partial charge in [-0.3, -0.25) is 14.4 Å². The maximum absolute atomic E-state index is 14.0. The number of hydrogen-bond donors (Lipinski definition) is 2. The molecule has 4 heterocycles. The van der Waals surface area contributed by atoms with Gasteiger partial charge in [-0.25, -0.2) is 8.42 Å². The van der Waals surface area contributed by atoms with Crippen molar-refractivity contribution in [2.24, 2.45) is 5.41 Å². The average Bonchev–Trinajstić information content (AvgIpc) is 3.73. The van der Waals surface area contributed by atoms with E-state index in [0.717, 1.165) is 15.2 Å². The lowest BCUT2D eigenvalue weighted by Crippen LogP contribution is -2.62. The zero-order chi connectivity index (χ0) is 32.3. The zero-order valence-corrected chi connectivity index (χ0v) is 27.5. The van der Waals surface area contributed by atoms with Gasteiger partial charge in [-0.15, -0.1) is 0 Å². The maximum Gasteiger partial charge on any atom is 0.268 e. The number of sulfonamides is 1. The molecular weight excluding hydrogens is 641 g/mol. The van der Waals surface area contributed by atoms with Crippen LogP contribution in [0, 0.1) is 5.41 Å². The first-order valence-corrected chi connectivity index (χ1v) is 17.0. The number of para-hydroxylation sites is 1. The van der Waals surface area contributed by atoms with Crippen molar-refractivity contribution in [2.45, 2.75) is 56.3 Å². The number of nitrogens with zero attached hydrogens (tertiary/aromatic N) is 3. The predicted octanol–water partition coefficient (Wildman–Crippen LogP) is 3.52. The molecule has 2 aromatic carbocycles. The van der Waals surface area contributed by atoms with E-state index in [1.807, 2.05) is 45.0 Å². The molecule has 240 valence electrons. The quantitative estimate of drug-likeness (QED) is 0.411. The van der Waals surface area contributed by atoms with E-state index in [9.17, 15) is 22.8 Å². The number of carbonyl (C=O) groups excluding carboxylic acids is 3. The van der Waals surface area contributed by atoms with E-state index in [0.29, 0.717) is 17.1 Å². The molecule has 0 unspecified atom stereocenters. The lowest BCUT2D eigenvalue weighted by molar-refractivity contribution is -0.146. The summed E-state index contributed by atoms with van der Waals surface area (Å²) in [5.41, 5.74) is 0.605. The molecule has 2 N–H and O–H groups in total. The average molecular weight is 677 g/mol. The summed E-state index contributed by atoms with van der Waals surface area (Å²) in [4.78, 5) is 47.5. The van der Waals surface area contributed by atoms with Gasteiger partial charge in [0.1, 0.15) is 22.7 Å². The highest BCUT2D eigenvalue weighted by Gasteiger charge is 2.52. The summed E-state index contributed by atoms with van der Waals surface area (Å²) in [5.74, 6) is -0.961. The molecule has 11 nitrogen and oxygen atoms in total. The van der Waals surface area contributed by atoms with E-state index in [4.69, 9.17) is 27.9 Å². The lowest BCUT2D eigenvalue weighted by Gasteiger charge is -2.41. The molecule has 14 heteroatoms. The first-order chi connectivity index (χ1) is 21.3. The largest absolute Gasteiger partial charge is 0.378 e. The summed E-state index contributed by atoms with van der Waals surface area (Å²) in [6, 6.07) is 11.0. The normalized spacial score (nSPS) is 23.0. The molecule has 3 aromatic rings. The van der Waals surface area contributed by atoms with Gasteiger partial charge in [0, 0.05) is 35.6 Å². The molecule has 45 heavy (non-hydrogen) atoms. The van der Waals surface area contributed by atoms with E-state index < -0.39 is 27.5 Å². The number of rotatable bonds is 6. The highest BCUT2D eigenvalue weighted by Crippen LogP contribution is 2.36. The summed E-state index contributed by atoms with van der Waals surface area (Å²) >= 11 is 12.2. The van der Waals surface area contributed by atoms with E-state index in [1.54, 1.807) is 15.9 Å². The third-order valence-corrected chi connectivity index (χ3v) is 11.4. The van der Waals surface area contributed by atoms with Crippen LogP contribution in [0.25, 0.3) is 10.9 Å². The minimum absolute atomic E-state index is 0.00637. The second-order valence-corrected chi connectivity index (χ2v) is 15.6. The minimum Gasteiger partial charge on any atom is -0.378 e. The van der Waals surface area contributed by atoms with E-state index in [1.165, 1.54) is 18.2 Å². The zero-order valence-electron chi connectivity index (χ0n) is 25.1. The van der Waals surface area contributed by atoms with Crippen molar-refractivity contribution in [3.8, 4) is 0 Å². The number of nitrogens with one attached hydrogen (secondary N) is 2. The van der Waals surface area contributed by atoms with Crippen LogP contribution in [-0.4, -0.2) is 102 Å². The molecule has 3 amide bonds. The molecule has 3 fully saturated rings. The first-order valence-electron chi connectivity index (χ1n) is 14.8. The van der Waals surface area contributed by atoms with Crippen LogP contribution in [0.15, 0.2) is 53.4 Å². The summed E-state index contributed by atoms with van der Waals surface area (Å²) in [5, 5.41) is 4.12. The second kappa shape index (κ2) is 11.9. The molecular formula is C31H35Cl2N5O6S. The van der Waals surface area contributed by atoms with Gasteiger partial charge < -0.3 is 24.8 Å². The van der Waals surface area contributed by atoms with Gasteiger partial charge in [0.25, 0.3) is 5.91 Å². The first kappa shape index (κ1) is 31.8. The molecule has 4 atom stereocenters. The fourth-order valence-corrected chi connectivity index (χ4v) is 8.80. The predicted molar refractivity (Wildman–Crippen MR) is 170 cm³/mol. The number of fused-ring (bicyclic) bond motifs is 3. The Morgan fingerprint density at radius 3 is 2.40 bits per heavy atom. The van der Waals surface area contributed by atoms with Gasteiger partial charge >= 0.3 is 0 Å². The Hall–Kier alpha value is -3.16. The fraction of sp³-hybridized carbons (Fsp3) is 0.452. The van der Waals surface area contributed by atoms with Crippen LogP contribution in [0.1, 0.15) is 37.7 Å². The molecule has 0 aliphatic carbocycles. The van der Waals surface area contributed by atoms with Crippen LogP contribution < -0.4 is 5.32 Å². The number of piperazine rings is 1. The highest BCUT2D eigenvalue weighted by molar-refractivity contribution is 7.89. The van der Waals surface area contributed by atoms with Crippen LogP contribution in [-0.2, 0) is 24.3 Å². The third kappa shape index (κ3) is 5.94. The fourth-order valence-electron chi connectivity index (χ4n) is 6.50. The van der Waals surface area contributed by atoms with Crippen molar-refractivity contribution >= 4 is 61.8 Å². The Balaban J connectivity index is 1.16. The molecule has 1 aromatic heterocycles. The number of amides is 3. The molecule has 3 aliphatic rings. The second-order valence-electron chi connectivity index (χ2n) is 12.8. The van der Waals surface area contributed by atoms with E-state index >= 15 is 0 Å².